The molecule has 1 saturated heterocycles. The fourth-order valence-electron chi connectivity index (χ4n) is 2.06. The summed E-state index contributed by atoms with van der Waals surface area (Å²) >= 11 is 7.34. The van der Waals surface area contributed by atoms with Crippen molar-refractivity contribution < 1.29 is 9.21 Å². The molecule has 0 radical (unpaired) electrons. The van der Waals surface area contributed by atoms with Crippen molar-refractivity contribution in [1.29, 1.82) is 0 Å². The normalized spacial score (nSPS) is 18.4. The number of carbonyl (C=O) groups excluding carboxylic acids is 1. The molecule has 0 aliphatic carbocycles. The van der Waals surface area contributed by atoms with Gasteiger partial charge >= 0.3 is 6.01 Å². The van der Waals surface area contributed by atoms with Gasteiger partial charge in [-0.25, -0.2) is 0 Å². The molecule has 6 nitrogen and oxygen atoms in total. The van der Waals surface area contributed by atoms with Gasteiger partial charge in [0.15, 0.2) is 0 Å². The topological polar surface area (TPSA) is 80.0 Å². The Morgan fingerprint density at radius 2 is 2.45 bits per heavy atom. The van der Waals surface area contributed by atoms with Crippen LogP contribution in [0.5, 0.6) is 0 Å². The van der Waals surface area contributed by atoms with Gasteiger partial charge in [0.1, 0.15) is 4.88 Å². The molecule has 2 aromatic rings. The Morgan fingerprint density at radius 1 is 1.60 bits per heavy atom. The number of anilines is 1. The van der Waals surface area contributed by atoms with Gasteiger partial charge in [0.05, 0.1) is 11.1 Å². The van der Waals surface area contributed by atoms with Gasteiger partial charge < -0.3 is 9.73 Å². The van der Waals surface area contributed by atoms with Crippen molar-refractivity contribution in [2.75, 3.05) is 11.9 Å². The van der Waals surface area contributed by atoms with Crippen LogP contribution < -0.4 is 10.6 Å². The lowest BCUT2D eigenvalue weighted by atomic mass is 10.2. The molecule has 3 heterocycles. The fraction of sp³-hybridized carbons (Fsp3) is 0.417. The van der Waals surface area contributed by atoms with Gasteiger partial charge in [-0.05, 0) is 37.3 Å². The van der Waals surface area contributed by atoms with Gasteiger partial charge in [-0.3, -0.25) is 10.1 Å². The van der Waals surface area contributed by atoms with E-state index < -0.39 is 0 Å². The van der Waals surface area contributed by atoms with Crippen LogP contribution in [0.15, 0.2) is 9.80 Å². The second-order valence-corrected chi connectivity index (χ2v) is 5.87. The fourth-order valence-corrected chi connectivity index (χ4v) is 3.23. The highest BCUT2D eigenvalue weighted by Crippen LogP contribution is 2.28. The van der Waals surface area contributed by atoms with E-state index in [-0.39, 0.29) is 18.0 Å². The quantitative estimate of drug-likeness (QED) is 0.911. The van der Waals surface area contributed by atoms with E-state index in [4.69, 9.17) is 16.0 Å². The maximum Gasteiger partial charge on any atom is 0.322 e. The first kappa shape index (κ1) is 13.5. The average Bonchev–Trinajstić information content (AvgIpc) is 3.12. The summed E-state index contributed by atoms with van der Waals surface area (Å²) in [6.07, 6.45) is 2.05. The average molecular weight is 313 g/mol. The summed E-state index contributed by atoms with van der Waals surface area (Å²) in [6, 6.07) is 0.182. The number of thiophene rings is 1. The minimum atomic E-state index is -0.331. The molecule has 1 atom stereocenters. The Bertz CT molecular complexity index is 633. The first-order valence-electron chi connectivity index (χ1n) is 6.27. The van der Waals surface area contributed by atoms with Crippen LogP contribution >= 0.6 is 22.9 Å². The molecule has 1 amide bonds. The molecule has 0 aromatic carbocycles. The predicted molar refractivity (Wildman–Crippen MR) is 76.3 cm³/mol. The predicted octanol–water partition coefficient (Wildman–Crippen LogP) is 2.77. The number of nitrogens with one attached hydrogen (secondary N) is 2. The van der Waals surface area contributed by atoms with E-state index in [1.165, 1.54) is 11.3 Å². The summed E-state index contributed by atoms with van der Waals surface area (Å²) in [7, 11) is 0. The molecule has 106 valence electrons. The highest BCUT2D eigenvalue weighted by Gasteiger charge is 2.23. The second-order valence-electron chi connectivity index (χ2n) is 4.61. The zero-order valence-electron chi connectivity index (χ0n) is 10.8. The number of aryl methyl sites for hydroxylation is 1. The van der Waals surface area contributed by atoms with Crippen molar-refractivity contribution in [3.8, 4) is 0 Å². The largest absolute Gasteiger partial charge is 0.406 e. The summed E-state index contributed by atoms with van der Waals surface area (Å²) in [5.74, 6) is 0.175. The van der Waals surface area contributed by atoms with Crippen LogP contribution in [0.25, 0.3) is 0 Å². The number of aromatic nitrogens is 2. The summed E-state index contributed by atoms with van der Waals surface area (Å²) in [6.45, 7) is 2.80. The molecule has 0 bridgehead atoms. The highest BCUT2D eigenvalue weighted by atomic mass is 35.5. The van der Waals surface area contributed by atoms with Crippen molar-refractivity contribution in [3.05, 3.63) is 26.7 Å². The van der Waals surface area contributed by atoms with Crippen molar-refractivity contribution in [1.82, 2.24) is 15.5 Å². The third-order valence-electron chi connectivity index (χ3n) is 3.12. The third-order valence-corrected chi connectivity index (χ3v) is 4.82. The van der Waals surface area contributed by atoms with Crippen LogP contribution in [-0.2, 0) is 0 Å². The number of rotatable bonds is 3. The van der Waals surface area contributed by atoms with Gasteiger partial charge in [-0.2, -0.15) is 0 Å². The minimum absolute atomic E-state index is 0.0840. The Hall–Kier alpha value is -1.44. The van der Waals surface area contributed by atoms with Gasteiger partial charge in [0.25, 0.3) is 5.91 Å². The maximum absolute atomic E-state index is 12.1. The summed E-state index contributed by atoms with van der Waals surface area (Å²) in [5, 5.41) is 15.9. The Kier molecular flexibility index (Phi) is 3.73. The van der Waals surface area contributed by atoms with Crippen molar-refractivity contribution in [2.24, 2.45) is 0 Å². The molecule has 1 fully saturated rings. The molecular formula is C12H13ClN4O2S. The Balaban J connectivity index is 1.71. The van der Waals surface area contributed by atoms with E-state index in [2.05, 4.69) is 20.8 Å². The smallest absolute Gasteiger partial charge is 0.322 e. The summed E-state index contributed by atoms with van der Waals surface area (Å²) in [4.78, 5) is 12.5. The summed E-state index contributed by atoms with van der Waals surface area (Å²) < 4.78 is 5.45. The van der Waals surface area contributed by atoms with Gasteiger partial charge in [0, 0.05) is 0 Å². The molecule has 0 saturated carbocycles. The van der Waals surface area contributed by atoms with E-state index in [1.807, 2.05) is 12.3 Å². The molecule has 1 unspecified atom stereocenters. The van der Waals surface area contributed by atoms with Crippen molar-refractivity contribution >= 4 is 34.9 Å². The van der Waals surface area contributed by atoms with Crippen LogP contribution in [-0.4, -0.2) is 22.6 Å². The maximum atomic E-state index is 12.1. The third kappa shape index (κ3) is 2.56. The monoisotopic (exact) mass is 312 g/mol. The summed E-state index contributed by atoms with van der Waals surface area (Å²) in [5.41, 5.74) is 0.878. The lowest BCUT2D eigenvalue weighted by molar-refractivity contribution is 0.102. The molecule has 20 heavy (non-hydrogen) atoms. The molecule has 2 N–H and O–H groups in total. The van der Waals surface area contributed by atoms with E-state index in [0.29, 0.717) is 15.8 Å². The van der Waals surface area contributed by atoms with Crippen molar-refractivity contribution in [2.45, 2.75) is 25.8 Å². The lowest BCUT2D eigenvalue weighted by Gasteiger charge is -2.02. The number of carbonyl (C=O) groups is 1. The number of halogens is 1. The number of hydrogen-bond acceptors (Lipinski definition) is 6. The van der Waals surface area contributed by atoms with Gasteiger partial charge in [-0.15, -0.1) is 16.4 Å². The number of nitrogens with zero attached hydrogens (tertiary/aromatic N) is 2. The molecule has 3 rings (SSSR count). The zero-order chi connectivity index (χ0) is 14.1. The van der Waals surface area contributed by atoms with E-state index in [1.54, 1.807) is 0 Å². The van der Waals surface area contributed by atoms with Crippen LogP contribution in [0, 0.1) is 6.92 Å². The standard InChI is InChI=1S/C12H13ClN4O2S/c1-6-5-20-9(8(6)13)10(18)15-12-17-16-11(19-12)7-3-2-4-14-7/h5,7,14H,2-4H2,1H3,(H,15,17,18). The number of hydrogen-bond donors (Lipinski definition) is 2. The van der Waals surface area contributed by atoms with Crippen molar-refractivity contribution in [3.63, 3.8) is 0 Å². The lowest BCUT2D eigenvalue weighted by Crippen LogP contribution is -2.13. The number of amides is 1. The Morgan fingerprint density at radius 3 is 3.10 bits per heavy atom. The Labute approximate surface area is 124 Å². The zero-order valence-corrected chi connectivity index (χ0v) is 12.3. The first-order chi connectivity index (χ1) is 9.65. The minimum Gasteiger partial charge on any atom is -0.406 e. The van der Waals surface area contributed by atoms with Crippen LogP contribution in [0.1, 0.15) is 40.0 Å². The first-order valence-corrected chi connectivity index (χ1v) is 7.52. The highest BCUT2D eigenvalue weighted by molar-refractivity contribution is 7.13. The molecule has 8 heteroatoms. The van der Waals surface area contributed by atoms with E-state index >= 15 is 0 Å². The molecular weight excluding hydrogens is 300 g/mol. The molecule has 2 aromatic heterocycles. The molecule has 0 spiro atoms. The van der Waals surface area contributed by atoms with Gasteiger partial charge in [-0.1, -0.05) is 16.7 Å². The SMILES string of the molecule is Cc1csc(C(=O)Nc2nnc(C3CCCN3)o2)c1Cl. The van der Waals surface area contributed by atoms with E-state index in [0.717, 1.165) is 24.9 Å². The van der Waals surface area contributed by atoms with Crippen LogP contribution in [0.3, 0.4) is 0 Å². The van der Waals surface area contributed by atoms with Gasteiger partial charge in [0.2, 0.25) is 5.89 Å². The van der Waals surface area contributed by atoms with E-state index in [9.17, 15) is 4.79 Å². The van der Waals surface area contributed by atoms with Crippen LogP contribution in [0.2, 0.25) is 5.02 Å². The molecule has 1 aliphatic heterocycles. The van der Waals surface area contributed by atoms with Crippen LogP contribution in [0.4, 0.5) is 6.01 Å². The second kappa shape index (κ2) is 5.51. The molecule has 1 aliphatic rings.